The quantitative estimate of drug-likeness (QED) is 0.816. The molecule has 6 heteroatoms. The largest absolute Gasteiger partial charge is 0.369 e. The van der Waals surface area contributed by atoms with E-state index in [0.29, 0.717) is 36.1 Å². The van der Waals surface area contributed by atoms with Crippen LogP contribution in [0.15, 0.2) is 41.3 Å². The SMILES string of the molecule is Cc1cc(C)c(S(=O)(=O)N2CCN(c3cccc(Cl)c3)CC2)c(C)c1. The van der Waals surface area contributed by atoms with Crippen LogP contribution in [0.1, 0.15) is 16.7 Å². The number of rotatable bonds is 3. The molecular formula is C19H23ClN2O2S. The highest BCUT2D eigenvalue weighted by Crippen LogP contribution is 2.27. The molecule has 2 aromatic carbocycles. The summed E-state index contributed by atoms with van der Waals surface area (Å²) in [6, 6.07) is 11.5. The van der Waals surface area contributed by atoms with E-state index in [1.165, 1.54) is 0 Å². The number of halogens is 1. The first kappa shape index (κ1) is 18.2. The van der Waals surface area contributed by atoms with E-state index in [4.69, 9.17) is 11.6 Å². The van der Waals surface area contributed by atoms with Gasteiger partial charge in [-0.25, -0.2) is 8.42 Å². The van der Waals surface area contributed by atoms with E-state index < -0.39 is 10.0 Å². The van der Waals surface area contributed by atoms with Gasteiger partial charge in [0.15, 0.2) is 0 Å². The zero-order chi connectivity index (χ0) is 18.2. The van der Waals surface area contributed by atoms with Crippen molar-refractivity contribution in [3.8, 4) is 0 Å². The van der Waals surface area contributed by atoms with Crippen LogP contribution in [0.5, 0.6) is 0 Å². The average molecular weight is 379 g/mol. The number of aryl methyl sites for hydroxylation is 3. The molecule has 1 saturated heterocycles. The highest BCUT2D eigenvalue weighted by atomic mass is 35.5. The summed E-state index contributed by atoms with van der Waals surface area (Å²) < 4.78 is 27.8. The molecule has 0 aromatic heterocycles. The minimum absolute atomic E-state index is 0.453. The second kappa shape index (κ2) is 6.98. The molecule has 0 atom stereocenters. The van der Waals surface area contributed by atoms with Crippen molar-refractivity contribution < 1.29 is 8.42 Å². The summed E-state index contributed by atoms with van der Waals surface area (Å²) in [5.41, 5.74) is 3.75. The topological polar surface area (TPSA) is 40.6 Å². The van der Waals surface area contributed by atoms with Gasteiger partial charge in [0.05, 0.1) is 4.90 Å². The van der Waals surface area contributed by atoms with E-state index in [1.54, 1.807) is 4.31 Å². The summed E-state index contributed by atoms with van der Waals surface area (Å²) >= 11 is 6.06. The lowest BCUT2D eigenvalue weighted by atomic mass is 10.1. The van der Waals surface area contributed by atoms with Crippen LogP contribution in [-0.2, 0) is 10.0 Å². The van der Waals surface area contributed by atoms with Crippen LogP contribution in [0.3, 0.4) is 0 Å². The Morgan fingerprint density at radius 1 is 0.920 bits per heavy atom. The lowest BCUT2D eigenvalue weighted by Crippen LogP contribution is -2.48. The van der Waals surface area contributed by atoms with Crippen molar-refractivity contribution in [2.75, 3.05) is 31.1 Å². The van der Waals surface area contributed by atoms with Crippen molar-refractivity contribution in [1.82, 2.24) is 4.31 Å². The maximum Gasteiger partial charge on any atom is 0.243 e. The molecule has 0 amide bonds. The maximum absolute atomic E-state index is 13.1. The summed E-state index contributed by atoms with van der Waals surface area (Å²) in [4.78, 5) is 2.63. The normalized spacial score (nSPS) is 16.2. The number of anilines is 1. The Kier molecular flexibility index (Phi) is 5.09. The van der Waals surface area contributed by atoms with Crippen molar-refractivity contribution in [2.24, 2.45) is 0 Å². The summed E-state index contributed by atoms with van der Waals surface area (Å²) in [5, 5.41) is 0.693. The molecule has 25 heavy (non-hydrogen) atoms. The molecular weight excluding hydrogens is 356 g/mol. The van der Waals surface area contributed by atoms with Gasteiger partial charge in [-0.1, -0.05) is 35.4 Å². The van der Waals surface area contributed by atoms with Crippen molar-refractivity contribution >= 4 is 27.3 Å². The third-order valence-corrected chi connectivity index (χ3v) is 7.05. The summed E-state index contributed by atoms with van der Waals surface area (Å²) in [6.45, 7) is 7.99. The van der Waals surface area contributed by atoms with Crippen molar-refractivity contribution in [1.29, 1.82) is 0 Å². The fourth-order valence-electron chi connectivity index (χ4n) is 3.56. The zero-order valence-corrected chi connectivity index (χ0v) is 16.4. The van der Waals surface area contributed by atoms with Crippen LogP contribution < -0.4 is 4.90 Å². The number of hydrogen-bond acceptors (Lipinski definition) is 3. The van der Waals surface area contributed by atoms with Crippen LogP contribution in [-0.4, -0.2) is 38.9 Å². The van der Waals surface area contributed by atoms with Gasteiger partial charge in [-0.3, -0.25) is 0 Å². The summed E-state index contributed by atoms with van der Waals surface area (Å²) in [7, 11) is -3.47. The zero-order valence-electron chi connectivity index (χ0n) is 14.8. The first-order valence-corrected chi connectivity index (χ1v) is 10.2. The molecule has 3 rings (SSSR count). The van der Waals surface area contributed by atoms with E-state index >= 15 is 0 Å². The Bertz CT molecular complexity index is 865. The van der Waals surface area contributed by atoms with E-state index in [0.717, 1.165) is 22.4 Å². The lowest BCUT2D eigenvalue weighted by Gasteiger charge is -2.36. The standard InChI is InChI=1S/C19H23ClN2O2S/c1-14-11-15(2)19(16(3)12-14)25(23,24)22-9-7-21(8-10-22)18-6-4-5-17(20)13-18/h4-6,11-13H,7-10H2,1-3H3. The van der Waals surface area contributed by atoms with Crippen LogP contribution in [0.25, 0.3) is 0 Å². The van der Waals surface area contributed by atoms with Gasteiger partial charge in [-0.2, -0.15) is 4.31 Å². The summed E-state index contributed by atoms with van der Waals surface area (Å²) in [5.74, 6) is 0. The fraction of sp³-hybridized carbons (Fsp3) is 0.368. The van der Waals surface area contributed by atoms with E-state index in [2.05, 4.69) is 4.90 Å². The molecule has 0 saturated carbocycles. The Morgan fingerprint density at radius 3 is 2.08 bits per heavy atom. The van der Waals surface area contributed by atoms with E-state index in [-0.39, 0.29) is 0 Å². The number of benzene rings is 2. The third-order valence-electron chi connectivity index (χ3n) is 4.61. The first-order chi connectivity index (χ1) is 11.8. The smallest absolute Gasteiger partial charge is 0.243 e. The highest BCUT2D eigenvalue weighted by molar-refractivity contribution is 7.89. The van der Waals surface area contributed by atoms with Gasteiger partial charge in [0, 0.05) is 36.9 Å². The molecule has 1 aliphatic rings. The van der Waals surface area contributed by atoms with Gasteiger partial charge in [-0.05, 0) is 50.1 Å². The molecule has 1 aliphatic heterocycles. The number of piperazine rings is 1. The molecule has 0 aliphatic carbocycles. The van der Waals surface area contributed by atoms with Gasteiger partial charge in [0.1, 0.15) is 0 Å². The number of hydrogen-bond donors (Lipinski definition) is 0. The van der Waals surface area contributed by atoms with Gasteiger partial charge in [-0.15, -0.1) is 0 Å². The van der Waals surface area contributed by atoms with Crippen molar-refractivity contribution in [3.63, 3.8) is 0 Å². The predicted octanol–water partition coefficient (Wildman–Crippen LogP) is 3.78. The Labute approximate surface area is 155 Å². The van der Waals surface area contributed by atoms with Gasteiger partial charge >= 0.3 is 0 Å². The molecule has 1 heterocycles. The third kappa shape index (κ3) is 3.68. The maximum atomic E-state index is 13.1. The molecule has 0 bridgehead atoms. The molecule has 134 valence electrons. The molecule has 0 unspecified atom stereocenters. The monoisotopic (exact) mass is 378 g/mol. The van der Waals surface area contributed by atoms with Gasteiger partial charge < -0.3 is 4.90 Å². The molecule has 2 aromatic rings. The molecule has 1 fully saturated rings. The molecule has 0 spiro atoms. The average Bonchev–Trinajstić information content (AvgIpc) is 2.53. The van der Waals surface area contributed by atoms with Crippen LogP contribution >= 0.6 is 11.6 Å². The van der Waals surface area contributed by atoms with Gasteiger partial charge in [0.2, 0.25) is 10.0 Å². The Hall–Kier alpha value is -1.56. The molecule has 4 nitrogen and oxygen atoms in total. The van der Waals surface area contributed by atoms with Gasteiger partial charge in [0.25, 0.3) is 0 Å². The molecule has 0 radical (unpaired) electrons. The Balaban J connectivity index is 1.81. The fourth-order valence-corrected chi connectivity index (χ4v) is 5.58. The van der Waals surface area contributed by atoms with Crippen LogP contribution in [0.2, 0.25) is 5.02 Å². The van der Waals surface area contributed by atoms with E-state index in [1.807, 2.05) is 57.2 Å². The number of nitrogens with zero attached hydrogens (tertiary/aromatic N) is 2. The first-order valence-electron chi connectivity index (χ1n) is 8.37. The lowest BCUT2D eigenvalue weighted by molar-refractivity contribution is 0.384. The van der Waals surface area contributed by atoms with E-state index in [9.17, 15) is 8.42 Å². The predicted molar refractivity (Wildman–Crippen MR) is 103 cm³/mol. The van der Waals surface area contributed by atoms with Crippen molar-refractivity contribution in [3.05, 3.63) is 58.1 Å². The molecule has 0 N–H and O–H groups in total. The Morgan fingerprint density at radius 2 is 1.52 bits per heavy atom. The highest BCUT2D eigenvalue weighted by Gasteiger charge is 2.31. The minimum Gasteiger partial charge on any atom is -0.369 e. The van der Waals surface area contributed by atoms with Crippen LogP contribution in [0.4, 0.5) is 5.69 Å². The summed E-state index contributed by atoms with van der Waals surface area (Å²) in [6.07, 6.45) is 0. The second-order valence-electron chi connectivity index (χ2n) is 6.60. The second-order valence-corrected chi connectivity index (χ2v) is 8.91. The minimum atomic E-state index is -3.47. The number of sulfonamides is 1. The van der Waals surface area contributed by atoms with Crippen molar-refractivity contribution in [2.45, 2.75) is 25.7 Å². The van der Waals surface area contributed by atoms with Crippen LogP contribution in [0, 0.1) is 20.8 Å².